The van der Waals surface area contributed by atoms with Crippen molar-refractivity contribution >= 4 is 17.6 Å². The van der Waals surface area contributed by atoms with Crippen molar-refractivity contribution in [2.75, 3.05) is 48.9 Å². The Hall–Kier alpha value is -2.95. The molecule has 2 aromatic rings. The van der Waals surface area contributed by atoms with Crippen LogP contribution in [0.4, 0.5) is 17.6 Å². The molecule has 1 aliphatic heterocycles. The molecule has 8 heteroatoms. The van der Waals surface area contributed by atoms with Gasteiger partial charge in [0.05, 0.1) is 0 Å². The Labute approximate surface area is 141 Å². The number of likely N-dealkylation sites (N-methyl/N-ethyl adjacent to an activating group) is 1. The largest absolute Gasteiger partial charge is 0.363 e. The maximum absolute atomic E-state index is 8.98. The van der Waals surface area contributed by atoms with Crippen LogP contribution in [-0.2, 0) is 0 Å². The molecule has 1 unspecified atom stereocenters. The Bertz CT molecular complexity index is 754. The first kappa shape index (κ1) is 15.9. The van der Waals surface area contributed by atoms with Crippen molar-refractivity contribution in [1.82, 2.24) is 19.9 Å². The van der Waals surface area contributed by atoms with E-state index in [1.165, 1.54) is 0 Å². The third-order valence-electron chi connectivity index (χ3n) is 4.21. The van der Waals surface area contributed by atoms with Crippen molar-refractivity contribution in [3.63, 3.8) is 0 Å². The van der Waals surface area contributed by atoms with E-state index in [2.05, 4.69) is 35.8 Å². The molecule has 0 bridgehead atoms. The lowest BCUT2D eigenvalue weighted by Crippen LogP contribution is -2.35. The highest BCUT2D eigenvalue weighted by Gasteiger charge is 2.28. The summed E-state index contributed by atoms with van der Waals surface area (Å²) in [6.45, 7) is 1.65. The van der Waals surface area contributed by atoms with Crippen molar-refractivity contribution in [2.45, 2.75) is 12.5 Å². The molecule has 0 aliphatic carbocycles. The molecule has 1 fully saturated rings. The third-order valence-corrected chi connectivity index (χ3v) is 4.21. The Morgan fingerprint density at radius 2 is 2.00 bits per heavy atom. The predicted molar refractivity (Wildman–Crippen MR) is 92.1 cm³/mol. The number of nitrogens with zero attached hydrogens (tertiary/aromatic N) is 8. The summed E-state index contributed by atoms with van der Waals surface area (Å²) in [6, 6.07) is 5.97. The van der Waals surface area contributed by atoms with E-state index >= 15 is 0 Å². The molecular formula is C16H20N8. The summed E-state index contributed by atoms with van der Waals surface area (Å²) in [4.78, 5) is 23.4. The Morgan fingerprint density at radius 3 is 2.75 bits per heavy atom. The smallest absolute Gasteiger partial charge is 0.226 e. The quantitative estimate of drug-likeness (QED) is 0.821. The van der Waals surface area contributed by atoms with Gasteiger partial charge in [0.1, 0.15) is 29.7 Å². The molecule has 1 saturated heterocycles. The number of anilines is 3. The van der Waals surface area contributed by atoms with Crippen LogP contribution in [-0.4, -0.2) is 60.2 Å². The zero-order valence-electron chi connectivity index (χ0n) is 14.1. The van der Waals surface area contributed by atoms with Crippen molar-refractivity contribution in [3.05, 3.63) is 30.4 Å². The zero-order valence-corrected chi connectivity index (χ0v) is 14.1. The number of rotatable bonds is 4. The van der Waals surface area contributed by atoms with E-state index in [0.29, 0.717) is 17.7 Å². The fraction of sp³-hybridized carbons (Fsp3) is 0.438. The van der Waals surface area contributed by atoms with Gasteiger partial charge in [-0.2, -0.15) is 5.26 Å². The van der Waals surface area contributed by atoms with Crippen molar-refractivity contribution in [3.8, 4) is 6.07 Å². The minimum absolute atomic E-state index is 0.309. The Kier molecular flexibility index (Phi) is 4.42. The highest BCUT2D eigenvalue weighted by molar-refractivity contribution is 5.50. The van der Waals surface area contributed by atoms with Crippen LogP contribution in [0.2, 0.25) is 0 Å². The summed E-state index contributed by atoms with van der Waals surface area (Å²) in [7, 11) is 5.97. The monoisotopic (exact) mass is 324 g/mol. The molecular weight excluding hydrogens is 304 g/mol. The SMILES string of the molecule is CN(C)c1cc(N(C)C2CCN(c3nccc(C#N)n3)C2)ncn1. The highest BCUT2D eigenvalue weighted by atomic mass is 15.3. The summed E-state index contributed by atoms with van der Waals surface area (Å²) >= 11 is 0. The van der Waals surface area contributed by atoms with Crippen LogP contribution < -0.4 is 14.7 Å². The zero-order chi connectivity index (χ0) is 17.1. The van der Waals surface area contributed by atoms with E-state index in [9.17, 15) is 0 Å². The minimum atomic E-state index is 0.309. The molecule has 3 rings (SSSR count). The standard InChI is InChI=1S/C16H20N8/c1-22(2)14-8-15(20-11-19-14)23(3)13-5-7-24(10-13)16-18-6-4-12(9-17)21-16/h4,6,8,11,13H,5,7,10H2,1-3H3. The van der Waals surface area contributed by atoms with Gasteiger partial charge in [-0.15, -0.1) is 0 Å². The van der Waals surface area contributed by atoms with Gasteiger partial charge < -0.3 is 14.7 Å². The van der Waals surface area contributed by atoms with Crippen molar-refractivity contribution < 1.29 is 0 Å². The second-order valence-corrected chi connectivity index (χ2v) is 5.98. The predicted octanol–water partition coefficient (Wildman–Crippen LogP) is 0.919. The van der Waals surface area contributed by atoms with Crippen LogP contribution >= 0.6 is 0 Å². The van der Waals surface area contributed by atoms with Crippen LogP contribution in [0.15, 0.2) is 24.7 Å². The van der Waals surface area contributed by atoms with E-state index < -0.39 is 0 Å². The molecule has 0 aromatic carbocycles. The highest BCUT2D eigenvalue weighted by Crippen LogP contribution is 2.23. The first-order chi connectivity index (χ1) is 11.6. The second kappa shape index (κ2) is 6.66. The van der Waals surface area contributed by atoms with E-state index in [-0.39, 0.29) is 0 Å². The van der Waals surface area contributed by atoms with Crippen molar-refractivity contribution in [1.29, 1.82) is 5.26 Å². The fourth-order valence-electron chi connectivity index (χ4n) is 2.76. The lowest BCUT2D eigenvalue weighted by molar-refractivity contribution is 0.682. The summed E-state index contributed by atoms with van der Waals surface area (Å²) in [5.41, 5.74) is 0.392. The number of hydrogen-bond donors (Lipinski definition) is 0. The van der Waals surface area contributed by atoms with Gasteiger partial charge in [0, 0.05) is 52.5 Å². The van der Waals surface area contributed by atoms with E-state index in [4.69, 9.17) is 5.26 Å². The summed E-state index contributed by atoms with van der Waals surface area (Å²) in [5.74, 6) is 2.39. The van der Waals surface area contributed by atoms with Crippen LogP contribution in [0.3, 0.4) is 0 Å². The van der Waals surface area contributed by atoms with Gasteiger partial charge in [-0.3, -0.25) is 0 Å². The lowest BCUT2D eigenvalue weighted by Gasteiger charge is -2.26. The van der Waals surface area contributed by atoms with Gasteiger partial charge >= 0.3 is 0 Å². The number of nitriles is 1. The second-order valence-electron chi connectivity index (χ2n) is 5.98. The van der Waals surface area contributed by atoms with Gasteiger partial charge in [-0.1, -0.05) is 0 Å². The van der Waals surface area contributed by atoms with Crippen LogP contribution in [0.1, 0.15) is 12.1 Å². The van der Waals surface area contributed by atoms with Gasteiger partial charge in [0.2, 0.25) is 5.95 Å². The third kappa shape index (κ3) is 3.20. The van der Waals surface area contributed by atoms with Crippen LogP contribution in [0.25, 0.3) is 0 Å². The molecule has 0 saturated carbocycles. The Morgan fingerprint density at radius 1 is 1.21 bits per heavy atom. The summed E-state index contributed by atoms with van der Waals surface area (Å²) in [5, 5.41) is 8.98. The molecule has 1 atom stereocenters. The van der Waals surface area contributed by atoms with Crippen molar-refractivity contribution in [2.24, 2.45) is 0 Å². The number of hydrogen-bond acceptors (Lipinski definition) is 8. The Balaban J connectivity index is 1.73. The minimum Gasteiger partial charge on any atom is -0.363 e. The van der Waals surface area contributed by atoms with Crippen LogP contribution in [0, 0.1) is 11.3 Å². The van der Waals surface area contributed by atoms with E-state index in [0.717, 1.165) is 31.1 Å². The van der Waals surface area contributed by atoms with Gasteiger partial charge in [-0.05, 0) is 12.5 Å². The maximum atomic E-state index is 8.98. The average Bonchev–Trinajstić information content (AvgIpc) is 3.11. The van der Waals surface area contributed by atoms with Gasteiger partial charge in [0.15, 0.2) is 0 Å². The topological polar surface area (TPSA) is 85.1 Å². The molecule has 8 nitrogen and oxygen atoms in total. The molecule has 0 spiro atoms. The van der Waals surface area contributed by atoms with E-state index in [1.807, 2.05) is 32.1 Å². The maximum Gasteiger partial charge on any atom is 0.226 e. The molecule has 2 aromatic heterocycles. The first-order valence-corrected chi connectivity index (χ1v) is 7.79. The van der Waals surface area contributed by atoms with Gasteiger partial charge in [0.25, 0.3) is 0 Å². The first-order valence-electron chi connectivity index (χ1n) is 7.79. The normalized spacial score (nSPS) is 16.8. The molecule has 24 heavy (non-hydrogen) atoms. The molecule has 1 aliphatic rings. The fourth-order valence-corrected chi connectivity index (χ4v) is 2.76. The average molecular weight is 324 g/mol. The molecule has 0 N–H and O–H groups in total. The molecule has 124 valence electrons. The molecule has 0 amide bonds. The summed E-state index contributed by atoms with van der Waals surface area (Å²) < 4.78 is 0. The van der Waals surface area contributed by atoms with E-state index in [1.54, 1.807) is 18.6 Å². The number of aromatic nitrogens is 4. The lowest BCUT2D eigenvalue weighted by atomic mass is 10.2. The summed E-state index contributed by atoms with van der Waals surface area (Å²) in [6.07, 6.45) is 4.21. The van der Waals surface area contributed by atoms with Crippen LogP contribution in [0.5, 0.6) is 0 Å². The molecule has 0 radical (unpaired) electrons. The molecule has 3 heterocycles. The van der Waals surface area contributed by atoms with Gasteiger partial charge in [-0.25, -0.2) is 19.9 Å².